The number of aliphatic hydroxyl groups excluding tert-OH is 1. The molecule has 0 aliphatic heterocycles. The molecule has 0 saturated carbocycles. The Morgan fingerprint density at radius 3 is 2.00 bits per heavy atom. The number of hydrogen-bond acceptors (Lipinski definition) is 3. The highest BCUT2D eigenvalue weighted by molar-refractivity contribution is 5.85. The third-order valence-corrected chi connectivity index (χ3v) is 1.47. The van der Waals surface area contributed by atoms with Gasteiger partial charge in [-0.05, 0) is 18.8 Å². The van der Waals surface area contributed by atoms with Crippen molar-refractivity contribution in [1.29, 1.82) is 0 Å². The van der Waals surface area contributed by atoms with Gasteiger partial charge in [0.05, 0.1) is 6.17 Å². The molecule has 0 aromatic rings. The van der Waals surface area contributed by atoms with Gasteiger partial charge in [0, 0.05) is 6.61 Å². The van der Waals surface area contributed by atoms with Crippen LogP contribution in [-0.4, -0.2) is 17.9 Å². The minimum atomic E-state index is -0.239. The monoisotopic (exact) mass is 204 g/mol. The Labute approximate surface area is 80.3 Å². The van der Waals surface area contributed by atoms with E-state index in [4.69, 9.17) is 16.6 Å². The van der Waals surface area contributed by atoms with Crippen LogP contribution in [-0.2, 0) is 0 Å². The minimum absolute atomic E-state index is 0. The largest absolute Gasteiger partial charge is 0.396 e. The van der Waals surface area contributed by atoms with E-state index in [1.807, 2.05) is 6.92 Å². The normalized spacial score (nSPS) is 11.7. The summed E-state index contributed by atoms with van der Waals surface area (Å²) in [6.45, 7) is 2.22. The summed E-state index contributed by atoms with van der Waals surface area (Å²) < 4.78 is 0. The van der Waals surface area contributed by atoms with Crippen molar-refractivity contribution in [2.24, 2.45) is 17.4 Å². The van der Waals surface area contributed by atoms with Gasteiger partial charge in [-0.2, -0.15) is 0 Å². The lowest BCUT2D eigenvalue weighted by atomic mass is 10.0. The Kier molecular flexibility index (Phi) is 16.7. The summed E-state index contributed by atoms with van der Waals surface area (Å²) in [6, 6.07) is 0. The molecule has 0 fully saturated rings. The molecule has 0 heterocycles. The molecule has 5 N–H and O–H groups in total. The van der Waals surface area contributed by atoms with E-state index < -0.39 is 0 Å². The van der Waals surface area contributed by atoms with Crippen LogP contribution in [0.15, 0.2) is 0 Å². The van der Waals surface area contributed by atoms with E-state index in [0.29, 0.717) is 5.92 Å². The first kappa shape index (κ1) is 17.5. The lowest BCUT2D eigenvalue weighted by molar-refractivity contribution is 0.267. The molecule has 0 spiro atoms. The van der Waals surface area contributed by atoms with Crippen LogP contribution in [0.5, 0.6) is 0 Å². The zero-order valence-electron chi connectivity index (χ0n) is 6.69. The number of halogens is 2. The van der Waals surface area contributed by atoms with Crippen molar-refractivity contribution in [3.63, 3.8) is 0 Å². The molecule has 1 atom stereocenters. The predicted molar refractivity (Wildman–Crippen MR) is 52.1 cm³/mol. The van der Waals surface area contributed by atoms with Crippen molar-refractivity contribution in [2.45, 2.75) is 25.9 Å². The Morgan fingerprint density at radius 2 is 1.73 bits per heavy atom. The molecule has 1 unspecified atom stereocenters. The molecule has 0 aromatic heterocycles. The van der Waals surface area contributed by atoms with Gasteiger partial charge >= 0.3 is 0 Å². The van der Waals surface area contributed by atoms with Crippen molar-refractivity contribution in [3.8, 4) is 0 Å². The number of rotatable bonds is 4. The fraction of sp³-hybridized carbons (Fsp3) is 1.00. The summed E-state index contributed by atoms with van der Waals surface area (Å²) >= 11 is 0. The van der Waals surface area contributed by atoms with Crippen LogP contribution >= 0.6 is 24.8 Å². The van der Waals surface area contributed by atoms with E-state index in [1.54, 1.807) is 0 Å². The molecule has 0 radical (unpaired) electrons. The summed E-state index contributed by atoms with van der Waals surface area (Å²) in [7, 11) is 0. The second kappa shape index (κ2) is 10.5. The topological polar surface area (TPSA) is 72.3 Å². The van der Waals surface area contributed by atoms with Crippen LogP contribution in [0, 0.1) is 5.92 Å². The molecule has 0 aliphatic carbocycles. The molecule has 3 nitrogen and oxygen atoms in total. The van der Waals surface area contributed by atoms with Crippen LogP contribution in [0.1, 0.15) is 19.8 Å². The van der Waals surface area contributed by atoms with Gasteiger partial charge in [-0.25, -0.2) is 0 Å². The maximum Gasteiger partial charge on any atom is 0.0547 e. The first-order chi connectivity index (χ1) is 4.18. The molecule has 0 bridgehead atoms. The van der Waals surface area contributed by atoms with Crippen LogP contribution in [0.4, 0.5) is 0 Å². The Hall–Kier alpha value is 0.460. The zero-order chi connectivity index (χ0) is 7.28. The second-order valence-corrected chi connectivity index (χ2v) is 2.42. The second-order valence-electron chi connectivity index (χ2n) is 2.42. The molecule has 0 rings (SSSR count). The summed E-state index contributed by atoms with van der Waals surface area (Å²) in [5, 5.41) is 8.42. The highest BCUT2D eigenvalue weighted by atomic mass is 35.5. The summed E-state index contributed by atoms with van der Waals surface area (Å²) in [5.41, 5.74) is 10.7. The van der Waals surface area contributed by atoms with Crippen molar-refractivity contribution < 1.29 is 5.11 Å². The molecule has 5 heteroatoms. The smallest absolute Gasteiger partial charge is 0.0547 e. The van der Waals surface area contributed by atoms with Crippen molar-refractivity contribution in [1.82, 2.24) is 0 Å². The van der Waals surface area contributed by atoms with E-state index in [1.165, 1.54) is 0 Å². The van der Waals surface area contributed by atoms with E-state index in [0.717, 1.165) is 12.8 Å². The van der Waals surface area contributed by atoms with Crippen LogP contribution in [0.25, 0.3) is 0 Å². The fourth-order valence-electron chi connectivity index (χ4n) is 0.606. The highest BCUT2D eigenvalue weighted by Gasteiger charge is 2.05. The molecule has 0 aliphatic rings. The molecule has 11 heavy (non-hydrogen) atoms. The zero-order valence-corrected chi connectivity index (χ0v) is 8.33. The standard InChI is InChI=1S/C6H16N2O.2ClH/c1-5(6(7)8)3-2-4-9;;/h5-6,9H,2-4,7-8H2,1H3;2*1H. The van der Waals surface area contributed by atoms with E-state index >= 15 is 0 Å². The molecule has 0 saturated heterocycles. The molecular weight excluding hydrogens is 187 g/mol. The lowest BCUT2D eigenvalue weighted by Crippen LogP contribution is -2.37. The molecular formula is C6H18Cl2N2O. The number of hydrogen-bond donors (Lipinski definition) is 3. The van der Waals surface area contributed by atoms with Crippen LogP contribution in [0.2, 0.25) is 0 Å². The van der Waals surface area contributed by atoms with Gasteiger partial charge in [-0.3, -0.25) is 0 Å². The van der Waals surface area contributed by atoms with Crippen molar-refractivity contribution in [2.75, 3.05) is 6.61 Å². The van der Waals surface area contributed by atoms with Crippen molar-refractivity contribution in [3.05, 3.63) is 0 Å². The van der Waals surface area contributed by atoms with Gasteiger partial charge in [0.25, 0.3) is 0 Å². The Bertz CT molecular complexity index is 73.6. The van der Waals surface area contributed by atoms with E-state index in [2.05, 4.69) is 0 Å². The van der Waals surface area contributed by atoms with Crippen molar-refractivity contribution >= 4 is 24.8 Å². The highest BCUT2D eigenvalue weighted by Crippen LogP contribution is 2.04. The summed E-state index contributed by atoms with van der Waals surface area (Å²) in [4.78, 5) is 0. The maximum atomic E-state index is 8.42. The SMILES string of the molecule is CC(CCCO)C(N)N.Cl.Cl. The Balaban J connectivity index is -0.000000320. The van der Waals surface area contributed by atoms with E-state index in [9.17, 15) is 0 Å². The average Bonchev–Trinajstić information content (AvgIpc) is 1.82. The predicted octanol–water partition coefficient (Wildman–Crippen LogP) is 0.482. The van der Waals surface area contributed by atoms with E-state index in [-0.39, 0.29) is 37.6 Å². The quantitative estimate of drug-likeness (QED) is 0.584. The fourth-order valence-corrected chi connectivity index (χ4v) is 0.606. The first-order valence-electron chi connectivity index (χ1n) is 3.30. The van der Waals surface area contributed by atoms with Gasteiger partial charge in [-0.1, -0.05) is 6.92 Å². The number of nitrogens with two attached hydrogens (primary N) is 2. The van der Waals surface area contributed by atoms with Gasteiger partial charge < -0.3 is 16.6 Å². The lowest BCUT2D eigenvalue weighted by Gasteiger charge is -2.13. The average molecular weight is 205 g/mol. The van der Waals surface area contributed by atoms with Gasteiger partial charge in [0.2, 0.25) is 0 Å². The third kappa shape index (κ3) is 10.5. The van der Waals surface area contributed by atoms with Crippen LogP contribution in [0.3, 0.4) is 0 Å². The third-order valence-electron chi connectivity index (χ3n) is 1.47. The molecule has 72 valence electrons. The summed E-state index contributed by atoms with van der Waals surface area (Å²) in [5.74, 6) is 0.317. The first-order valence-corrected chi connectivity index (χ1v) is 3.30. The molecule has 0 aromatic carbocycles. The van der Waals surface area contributed by atoms with Gasteiger partial charge in [-0.15, -0.1) is 24.8 Å². The van der Waals surface area contributed by atoms with Gasteiger partial charge in [0.15, 0.2) is 0 Å². The summed E-state index contributed by atoms with van der Waals surface area (Å²) in [6.07, 6.45) is 1.47. The number of aliphatic hydroxyl groups is 1. The molecule has 0 amide bonds. The minimum Gasteiger partial charge on any atom is -0.396 e. The Morgan fingerprint density at radius 1 is 1.27 bits per heavy atom. The van der Waals surface area contributed by atoms with Gasteiger partial charge in [0.1, 0.15) is 0 Å². The maximum absolute atomic E-state index is 8.42. The van der Waals surface area contributed by atoms with Crippen LogP contribution < -0.4 is 11.5 Å².